The lowest BCUT2D eigenvalue weighted by Crippen LogP contribution is -2.47. The molecule has 0 aromatic heterocycles. The van der Waals surface area contributed by atoms with Gasteiger partial charge in [0.1, 0.15) is 5.82 Å². The van der Waals surface area contributed by atoms with Crippen molar-refractivity contribution in [1.29, 1.82) is 0 Å². The lowest BCUT2D eigenvalue weighted by molar-refractivity contribution is -0.139. The van der Waals surface area contributed by atoms with Gasteiger partial charge in [0.15, 0.2) is 0 Å². The van der Waals surface area contributed by atoms with Gasteiger partial charge in [-0.3, -0.25) is 4.90 Å². The third kappa shape index (κ3) is 5.22. The summed E-state index contributed by atoms with van der Waals surface area (Å²) in [5.74, 6) is -1.06. The summed E-state index contributed by atoms with van der Waals surface area (Å²) in [7, 11) is 0. The van der Waals surface area contributed by atoms with E-state index in [1.807, 2.05) is 18.7 Å². The third-order valence-electron chi connectivity index (χ3n) is 4.56. The van der Waals surface area contributed by atoms with Crippen LogP contribution < -0.4 is 5.32 Å². The maximum atomic E-state index is 14.7. The molecule has 0 aliphatic carbocycles. The van der Waals surface area contributed by atoms with Gasteiger partial charge in [-0.1, -0.05) is 31.9 Å². The van der Waals surface area contributed by atoms with Crippen molar-refractivity contribution in [2.45, 2.75) is 38.9 Å². The van der Waals surface area contributed by atoms with Crippen LogP contribution in [0.15, 0.2) is 12.1 Å². The lowest BCUT2D eigenvalue weighted by atomic mass is 9.86. The fourth-order valence-electron chi connectivity index (χ4n) is 3.50. The Kier molecular flexibility index (Phi) is 8.45. The molecule has 1 N–H and O–H groups in total. The largest absolute Gasteiger partial charge is 0.416 e. The quantitative estimate of drug-likeness (QED) is 0.671. The number of benzene rings is 1. The van der Waals surface area contributed by atoms with Crippen LogP contribution in [0.1, 0.15) is 43.9 Å². The molecule has 1 aromatic carbocycles. The molecule has 1 fully saturated rings. The first-order valence-corrected chi connectivity index (χ1v) is 8.65. The smallest absolute Gasteiger partial charge is 0.314 e. The molecule has 144 valence electrons. The van der Waals surface area contributed by atoms with Crippen molar-refractivity contribution < 1.29 is 17.6 Å². The van der Waals surface area contributed by atoms with E-state index < -0.39 is 23.6 Å². The van der Waals surface area contributed by atoms with Gasteiger partial charge in [0.2, 0.25) is 0 Å². The first-order valence-electron chi connectivity index (χ1n) is 8.27. The minimum Gasteiger partial charge on any atom is -0.314 e. The normalized spacial score (nSPS) is 18.5. The molecule has 1 aliphatic rings. The fourth-order valence-corrected chi connectivity index (χ4v) is 3.67. The molecule has 1 aromatic rings. The minimum atomic E-state index is -4.61. The minimum absolute atomic E-state index is 0. The molecule has 0 radical (unpaired) electrons. The molecular formula is C17H24Cl2F4N2. The Morgan fingerprint density at radius 1 is 1.24 bits per heavy atom. The Balaban J connectivity index is 0.00000312. The maximum absolute atomic E-state index is 14.7. The first kappa shape index (κ1) is 22.5. The molecule has 1 saturated heterocycles. The van der Waals surface area contributed by atoms with Gasteiger partial charge in [-0.15, -0.1) is 12.4 Å². The molecule has 0 amide bonds. The number of hydrogen-bond acceptors (Lipinski definition) is 2. The third-order valence-corrected chi connectivity index (χ3v) is 4.85. The van der Waals surface area contributed by atoms with E-state index in [1.54, 1.807) is 0 Å². The van der Waals surface area contributed by atoms with Crippen LogP contribution >= 0.6 is 24.0 Å². The van der Waals surface area contributed by atoms with Crippen LogP contribution in [0.3, 0.4) is 0 Å². The average molecular weight is 403 g/mol. The Bertz CT molecular complexity index is 560. The molecule has 0 bridgehead atoms. The predicted octanol–water partition coefficient (Wildman–Crippen LogP) is 5.30. The summed E-state index contributed by atoms with van der Waals surface area (Å²) >= 11 is 5.83. The molecule has 1 unspecified atom stereocenters. The Labute approximate surface area is 157 Å². The zero-order valence-electron chi connectivity index (χ0n) is 14.3. The summed E-state index contributed by atoms with van der Waals surface area (Å²) in [5.41, 5.74) is -1.23. The van der Waals surface area contributed by atoms with Crippen molar-refractivity contribution in [2.75, 3.05) is 26.2 Å². The van der Waals surface area contributed by atoms with E-state index in [0.29, 0.717) is 26.2 Å². The molecular weight excluding hydrogens is 379 g/mol. The maximum Gasteiger partial charge on any atom is 0.416 e. The van der Waals surface area contributed by atoms with E-state index in [2.05, 4.69) is 5.32 Å². The number of hydrogen-bond donors (Lipinski definition) is 1. The molecule has 8 heteroatoms. The zero-order valence-corrected chi connectivity index (χ0v) is 15.9. The van der Waals surface area contributed by atoms with Gasteiger partial charge in [-0.25, -0.2) is 4.39 Å². The van der Waals surface area contributed by atoms with Crippen molar-refractivity contribution in [2.24, 2.45) is 5.92 Å². The number of nitrogens with zero attached hydrogens (tertiary/aromatic N) is 1. The van der Waals surface area contributed by atoms with Crippen LogP contribution in [-0.4, -0.2) is 31.1 Å². The van der Waals surface area contributed by atoms with Gasteiger partial charge >= 0.3 is 6.18 Å². The van der Waals surface area contributed by atoms with Crippen LogP contribution in [0, 0.1) is 11.7 Å². The first-order chi connectivity index (χ1) is 11.3. The monoisotopic (exact) mass is 402 g/mol. The number of nitrogens with one attached hydrogen (secondary N) is 1. The van der Waals surface area contributed by atoms with Crippen LogP contribution in [-0.2, 0) is 6.18 Å². The van der Waals surface area contributed by atoms with Gasteiger partial charge in [0.05, 0.1) is 10.6 Å². The average Bonchev–Trinajstić information content (AvgIpc) is 2.52. The van der Waals surface area contributed by atoms with E-state index >= 15 is 0 Å². The molecule has 0 saturated carbocycles. The molecule has 2 rings (SSSR count). The highest BCUT2D eigenvalue weighted by Crippen LogP contribution is 2.43. The number of alkyl halides is 3. The standard InChI is InChI=1S/C17H23ClF4N2.ClH/c1-3-4-11(2)16(24-9-7-23-8-10-24)14-12(17(20,21)22)5-6-13(18)15(14)19;/h5-6,11,16,23H,3-4,7-10H2,1-2H3;1H/t11?,16-;/m1./s1. The zero-order chi connectivity index (χ0) is 17.9. The molecule has 25 heavy (non-hydrogen) atoms. The van der Waals surface area contributed by atoms with Crippen LogP contribution in [0.5, 0.6) is 0 Å². The van der Waals surface area contributed by atoms with Crippen LogP contribution in [0.25, 0.3) is 0 Å². The number of halogens is 6. The summed E-state index contributed by atoms with van der Waals surface area (Å²) in [6, 6.07) is 1.25. The SMILES string of the molecule is CCCC(C)[C@H](c1c(C(F)(F)F)ccc(Cl)c1F)N1CCNCC1.Cl. The second-order valence-corrected chi connectivity index (χ2v) is 6.72. The van der Waals surface area contributed by atoms with Crippen LogP contribution in [0.4, 0.5) is 17.6 Å². The van der Waals surface area contributed by atoms with E-state index in [4.69, 9.17) is 11.6 Å². The van der Waals surface area contributed by atoms with Gasteiger partial charge in [-0.05, 0) is 24.5 Å². The lowest BCUT2D eigenvalue weighted by Gasteiger charge is -2.39. The Morgan fingerprint density at radius 2 is 1.84 bits per heavy atom. The van der Waals surface area contributed by atoms with Crippen molar-refractivity contribution in [3.63, 3.8) is 0 Å². The van der Waals surface area contributed by atoms with E-state index in [9.17, 15) is 17.6 Å². The second kappa shape index (κ2) is 9.40. The van der Waals surface area contributed by atoms with Crippen LogP contribution in [0.2, 0.25) is 5.02 Å². The van der Waals surface area contributed by atoms with Gasteiger partial charge in [-0.2, -0.15) is 13.2 Å². The Hall–Kier alpha value is -0.560. The molecule has 0 spiro atoms. The van der Waals surface area contributed by atoms with Gasteiger partial charge in [0.25, 0.3) is 0 Å². The predicted molar refractivity (Wildman–Crippen MR) is 94.9 cm³/mol. The van der Waals surface area contributed by atoms with Gasteiger partial charge in [0, 0.05) is 37.8 Å². The van der Waals surface area contributed by atoms with E-state index in [-0.39, 0.29) is 28.9 Å². The summed E-state index contributed by atoms with van der Waals surface area (Å²) < 4.78 is 55.2. The van der Waals surface area contributed by atoms with E-state index in [1.165, 1.54) is 0 Å². The molecule has 1 aliphatic heterocycles. The summed E-state index contributed by atoms with van der Waals surface area (Å²) in [6.45, 7) is 6.39. The highest BCUT2D eigenvalue weighted by atomic mass is 35.5. The molecule has 2 atom stereocenters. The second-order valence-electron chi connectivity index (χ2n) is 6.32. The number of piperazine rings is 1. The van der Waals surface area contributed by atoms with Crippen molar-refractivity contribution in [3.05, 3.63) is 34.1 Å². The van der Waals surface area contributed by atoms with Crippen molar-refractivity contribution in [1.82, 2.24) is 10.2 Å². The van der Waals surface area contributed by atoms with Gasteiger partial charge < -0.3 is 5.32 Å². The summed E-state index contributed by atoms with van der Waals surface area (Å²) in [6.07, 6.45) is -3.07. The highest BCUT2D eigenvalue weighted by Gasteiger charge is 2.40. The van der Waals surface area contributed by atoms with E-state index in [0.717, 1.165) is 25.0 Å². The molecule has 2 nitrogen and oxygen atoms in total. The summed E-state index contributed by atoms with van der Waals surface area (Å²) in [4.78, 5) is 1.95. The fraction of sp³-hybridized carbons (Fsp3) is 0.647. The number of rotatable bonds is 5. The van der Waals surface area contributed by atoms with Crippen molar-refractivity contribution >= 4 is 24.0 Å². The Morgan fingerprint density at radius 3 is 2.36 bits per heavy atom. The topological polar surface area (TPSA) is 15.3 Å². The van der Waals surface area contributed by atoms with Crippen molar-refractivity contribution in [3.8, 4) is 0 Å². The molecule has 1 heterocycles. The highest BCUT2D eigenvalue weighted by molar-refractivity contribution is 6.30. The summed E-state index contributed by atoms with van der Waals surface area (Å²) in [5, 5.41) is 2.92.